The zero-order valence-electron chi connectivity index (χ0n) is 22.5. The lowest BCUT2D eigenvalue weighted by Gasteiger charge is -2.36. The lowest BCUT2D eigenvalue weighted by Crippen LogP contribution is -2.46. The Morgan fingerprint density at radius 3 is 2.33 bits per heavy atom. The predicted molar refractivity (Wildman–Crippen MR) is 153 cm³/mol. The van der Waals surface area contributed by atoms with Crippen molar-refractivity contribution in [2.24, 2.45) is 5.73 Å². The Bertz CT molecular complexity index is 1290. The minimum Gasteiger partial charge on any atom is -0.496 e. The van der Waals surface area contributed by atoms with E-state index in [1.165, 1.54) is 4.90 Å². The molecule has 206 valence electrons. The van der Waals surface area contributed by atoms with Crippen molar-refractivity contribution in [1.29, 1.82) is 0 Å². The summed E-state index contributed by atoms with van der Waals surface area (Å²) in [5, 5.41) is 9.91. The van der Waals surface area contributed by atoms with Gasteiger partial charge in [-0.2, -0.15) is 0 Å². The van der Waals surface area contributed by atoms with Crippen LogP contribution in [0.25, 0.3) is 11.1 Å². The Morgan fingerprint density at radius 1 is 0.897 bits per heavy atom. The van der Waals surface area contributed by atoms with E-state index in [9.17, 15) is 14.7 Å². The molecule has 3 aromatic carbocycles. The zero-order valence-corrected chi connectivity index (χ0v) is 22.5. The van der Waals surface area contributed by atoms with Crippen LogP contribution in [0.3, 0.4) is 0 Å². The molecule has 0 saturated carbocycles. The van der Waals surface area contributed by atoms with Gasteiger partial charge in [-0.25, -0.2) is 4.79 Å². The van der Waals surface area contributed by atoms with E-state index in [1.54, 1.807) is 44.6 Å². The molecule has 39 heavy (non-hydrogen) atoms. The van der Waals surface area contributed by atoms with Gasteiger partial charge in [-0.15, -0.1) is 0 Å². The number of anilines is 2. The fourth-order valence-corrected chi connectivity index (χ4v) is 4.97. The first-order valence-corrected chi connectivity index (χ1v) is 13.1. The van der Waals surface area contributed by atoms with Crippen molar-refractivity contribution >= 4 is 23.4 Å². The van der Waals surface area contributed by atoms with Crippen LogP contribution in [-0.4, -0.2) is 75.5 Å². The number of unbranched alkanes of at least 4 members (excludes halogenated alkanes) is 1. The van der Waals surface area contributed by atoms with Crippen molar-refractivity contribution in [2.75, 3.05) is 63.3 Å². The summed E-state index contributed by atoms with van der Waals surface area (Å²) in [5.74, 6) is 0.902. The molecule has 0 aliphatic carbocycles. The molecule has 3 N–H and O–H groups in total. The number of benzene rings is 3. The molecule has 4 rings (SSSR count). The molecule has 0 atom stereocenters. The molecule has 0 unspecified atom stereocenters. The van der Waals surface area contributed by atoms with E-state index in [1.807, 2.05) is 30.3 Å². The number of ether oxygens (including phenoxy) is 2. The molecule has 2 amide bonds. The first-order valence-electron chi connectivity index (χ1n) is 13.1. The number of primary amides is 1. The van der Waals surface area contributed by atoms with Gasteiger partial charge in [0.05, 0.1) is 25.6 Å². The standard InChI is InChI=1S/C30H36N4O5/c1-38-27-11-4-3-10-26(27)33-18-16-32(17-19-33)14-5-6-15-34(30(36)37)24-12-13-25(28(21-24)39-2)22-8-7-9-23(20-22)29(31)35/h3-4,7-13,20-21H,5-6,14-19H2,1-2H3,(H2,31,35)(H,36,37). The number of hydrogen-bond acceptors (Lipinski definition) is 6. The average Bonchev–Trinajstić information content (AvgIpc) is 2.97. The second-order valence-electron chi connectivity index (χ2n) is 9.47. The van der Waals surface area contributed by atoms with Crippen LogP contribution in [0.5, 0.6) is 11.5 Å². The van der Waals surface area contributed by atoms with E-state index in [0.29, 0.717) is 23.5 Å². The van der Waals surface area contributed by atoms with E-state index in [0.717, 1.165) is 68.1 Å². The highest BCUT2D eigenvalue weighted by molar-refractivity contribution is 5.94. The lowest BCUT2D eigenvalue weighted by molar-refractivity contribution is 0.1000. The molecule has 1 heterocycles. The summed E-state index contributed by atoms with van der Waals surface area (Å²) in [6, 6.07) is 20.3. The van der Waals surface area contributed by atoms with Gasteiger partial charge in [-0.3, -0.25) is 14.6 Å². The van der Waals surface area contributed by atoms with Crippen LogP contribution < -0.4 is 25.0 Å². The maximum absolute atomic E-state index is 12.1. The van der Waals surface area contributed by atoms with Gasteiger partial charge >= 0.3 is 6.09 Å². The van der Waals surface area contributed by atoms with E-state index in [4.69, 9.17) is 15.2 Å². The molecule has 0 aromatic heterocycles. The number of carboxylic acid groups (broad SMARTS) is 1. The maximum Gasteiger partial charge on any atom is 0.411 e. The Morgan fingerprint density at radius 2 is 1.64 bits per heavy atom. The smallest absolute Gasteiger partial charge is 0.411 e. The van der Waals surface area contributed by atoms with Gasteiger partial charge in [0.2, 0.25) is 5.91 Å². The van der Waals surface area contributed by atoms with Crippen LogP contribution in [0, 0.1) is 0 Å². The molecule has 1 aliphatic rings. The fraction of sp³-hybridized carbons (Fsp3) is 0.333. The fourth-order valence-electron chi connectivity index (χ4n) is 4.97. The molecule has 0 spiro atoms. The average molecular weight is 533 g/mol. The second kappa shape index (κ2) is 13.0. The molecule has 1 saturated heterocycles. The third-order valence-electron chi connectivity index (χ3n) is 7.09. The summed E-state index contributed by atoms with van der Waals surface area (Å²) in [5.41, 5.74) is 9.00. The Balaban J connectivity index is 1.32. The van der Waals surface area contributed by atoms with Crippen LogP contribution in [0.1, 0.15) is 23.2 Å². The van der Waals surface area contributed by atoms with Gasteiger partial charge in [0, 0.05) is 49.9 Å². The maximum atomic E-state index is 12.1. The number of nitrogens with zero attached hydrogens (tertiary/aromatic N) is 3. The molecule has 3 aromatic rings. The van der Waals surface area contributed by atoms with Crippen LogP contribution in [-0.2, 0) is 0 Å². The number of carbonyl (C=O) groups is 2. The monoisotopic (exact) mass is 532 g/mol. The van der Waals surface area contributed by atoms with Crippen molar-refractivity contribution in [1.82, 2.24) is 4.90 Å². The van der Waals surface area contributed by atoms with Gasteiger partial charge in [0.1, 0.15) is 11.5 Å². The van der Waals surface area contributed by atoms with E-state index >= 15 is 0 Å². The van der Waals surface area contributed by atoms with Crippen molar-refractivity contribution in [3.63, 3.8) is 0 Å². The van der Waals surface area contributed by atoms with E-state index < -0.39 is 12.0 Å². The van der Waals surface area contributed by atoms with Crippen molar-refractivity contribution in [3.05, 3.63) is 72.3 Å². The van der Waals surface area contributed by atoms with Crippen LogP contribution in [0.4, 0.5) is 16.2 Å². The summed E-state index contributed by atoms with van der Waals surface area (Å²) < 4.78 is 11.1. The highest BCUT2D eigenvalue weighted by Crippen LogP contribution is 2.34. The normalized spacial score (nSPS) is 13.6. The molecule has 0 radical (unpaired) electrons. The largest absolute Gasteiger partial charge is 0.496 e. The van der Waals surface area contributed by atoms with Crippen molar-refractivity contribution in [2.45, 2.75) is 12.8 Å². The Labute approximate surface area is 229 Å². The lowest BCUT2D eigenvalue weighted by atomic mass is 10.0. The van der Waals surface area contributed by atoms with Gasteiger partial charge in [-0.05, 0) is 61.3 Å². The van der Waals surface area contributed by atoms with E-state index in [-0.39, 0.29) is 0 Å². The topological polar surface area (TPSA) is 109 Å². The molecular formula is C30H36N4O5. The van der Waals surface area contributed by atoms with Gasteiger partial charge in [-0.1, -0.05) is 24.3 Å². The van der Waals surface area contributed by atoms with Crippen molar-refractivity contribution in [3.8, 4) is 22.6 Å². The Hall–Kier alpha value is -4.24. The highest BCUT2D eigenvalue weighted by Gasteiger charge is 2.20. The first-order chi connectivity index (χ1) is 18.9. The third-order valence-corrected chi connectivity index (χ3v) is 7.09. The number of carbonyl (C=O) groups excluding carboxylic acids is 1. The second-order valence-corrected chi connectivity index (χ2v) is 9.47. The van der Waals surface area contributed by atoms with Crippen LogP contribution in [0.15, 0.2) is 66.7 Å². The summed E-state index contributed by atoms with van der Waals surface area (Å²) in [7, 11) is 3.24. The third kappa shape index (κ3) is 6.80. The van der Waals surface area contributed by atoms with Crippen LogP contribution >= 0.6 is 0 Å². The molecule has 1 aliphatic heterocycles. The molecule has 9 heteroatoms. The zero-order chi connectivity index (χ0) is 27.8. The Kier molecular flexibility index (Phi) is 9.27. The molecular weight excluding hydrogens is 496 g/mol. The first kappa shape index (κ1) is 27.8. The molecule has 9 nitrogen and oxygen atoms in total. The number of amides is 2. The van der Waals surface area contributed by atoms with E-state index in [2.05, 4.69) is 15.9 Å². The van der Waals surface area contributed by atoms with Gasteiger partial charge < -0.3 is 25.2 Å². The van der Waals surface area contributed by atoms with Gasteiger partial charge in [0.15, 0.2) is 0 Å². The summed E-state index contributed by atoms with van der Waals surface area (Å²) in [6.45, 7) is 5.07. The number of methoxy groups -OCH3 is 2. The molecule has 1 fully saturated rings. The quantitative estimate of drug-likeness (QED) is 0.349. The number of para-hydroxylation sites is 2. The number of hydrogen-bond donors (Lipinski definition) is 2. The summed E-state index contributed by atoms with van der Waals surface area (Å²) in [4.78, 5) is 29.8. The SMILES string of the molecule is COc1cc(N(CCCCN2CCN(c3ccccc3OC)CC2)C(=O)O)ccc1-c1cccc(C(N)=O)c1. The summed E-state index contributed by atoms with van der Waals surface area (Å²) >= 11 is 0. The van der Waals surface area contributed by atoms with Crippen molar-refractivity contribution < 1.29 is 24.2 Å². The molecule has 0 bridgehead atoms. The van der Waals surface area contributed by atoms with Crippen LogP contribution in [0.2, 0.25) is 0 Å². The predicted octanol–water partition coefficient (Wildman–Crippen LogP) is 4.56. The number of nitrogens with two attached hydrogens (primary N) is 1. The minimum absolute atomic E-state index is 0.385. The minimum atomic E-state index is -1.01. The number of rotatable bonds is 11. The van der Waals surface area contributed by atoms with Gasteiger partial charge in [0.25, 0.3) is 0 Å². The highest BCUT2D eigenvalue weighted by atomic mass is 16.5. The number of piperazine rings is 1. The summed E-state index contributed by atoms with van der Waals surface area (Å²) in [6.07, 6.45) is 0.628.